The number of amides is 1. The van der Waals surface area contributed by atoms with Crippen molar-refractivity contribution in [3.8, 4) is 0 Å². The second kappa shape index (κ2) is 7.17. The Balaban J connectivity index is 1.62. The molecule has 7 heteroatoms. The average Bonchev–Trinajstić information content (AvgIpc) is 2.72. The molecule has 2 aliphatic rings. The Morgan fingerprint density at radius 2 is 1.59 bits per heavy atom. The molecule has 0 spiro atoms. The van der Waals surface area contributed by atoms with Gasteiger partial charge in [0.1, 0.15) is 11.4 Å². The van der Waals surface area contributed by atoms with Crippen LogP contribution in [-0.2, 0) is 19.1 Å². The van der Waals surface area contributed by atoms with E-state index in [9.17, 15) is 14.4 Å². The second-order valence-corrected chi connectivity index (χ2v) is 7.58. The molecule has 2 aliphatic heterocycles. The third kappa shape index (κ3) is 3.13. The lowest BCUT2D eigenvalue weighted by molar-refractivity contribution is -0.168. The molecule has 0 saturated carbocycles. The summed E-state index contributed by atoms with van der Waals surface area (Å²) in [5, 5.41) is -0.348. The largest absolute Gasteiger partial charge is 0.451 e. The zero-order valence-electron chi connectivity index (χ0n) is 14.4. The smallest absolute Gasteiger partial charge is 0.337 e. The van der Waals surface area contributed by atoms with E-state index in [1.165, 1.54) is 16.7 Å². The molecular weight excluding hydrogens is 364 g/mol. The number of benzene rings is 2. The van der Waals surface area contributed by atoms with Crippen molar-refractivity contribution in [1.29, 1.82) is 0 Å². The minimum Gasteiger partial charge on any atom is -0.451 e. The van der Waals surface area contributed by atoms with Gasteiger partial charge in [0.2, 0.25) is 5.91 Å². The number of ether oxygens (including phenoxy) is 1. The molecule has 1 amide bonds. The standard InChI is InChI=1S/C20H18N2O4S/c21-15-18(24)22-16(14(23)11-27-19(15)22)20(25)26-17(12-7-3-1-4-8-12)13-9-5-2-6-10-13/h1-10,15-17,19H,11,21H2/t15?,16?,19-/m1/s1. The van der Waals surface area contributed by atoms with Crippen molar-refractivity contribution in [3.05, 3.63) is 71.8 Å². The van der Waals surface area contributed by atoms with Crippen LogP contribution in [0.3, 0.4) is 0 Å². The Morgan fingerprint density at radius 1 is 1.04 bits per heavy atom. The van der Waals surface area contributed by atoms with E-state index >= 15 is 0 Å². The van der Waals surface area contributed by atoms with Crippen LogP contribution in [0.15, 0.2) is 60.7 Å². The maximum Gasteiger partial charge on any atom is 0.337 e. The Kier molecular flexibility index (Phi) is 4.72. The maximum absolute atomic E-state index is 12.9. The Labute approximate surface area is 160 Å². The molecule has 138 valence electrons. The van der Waals surface area contributed by atoms with Crippen molar-refractivity contribution < 1.29 is 19.1 Å². The summed E-state index contributed by atoms with van der Waals surface area (Å²) >= 11 is 1.29. The molecule has 2 unspecified atom stereocenters. The summed E-state index contributed by atoms with van der Waals surface area (Å²) in [5.41, 5.74) is 7.37. The van der Waals surface area contributed by atoms with Crippen LogP contribution in [0, 0.1) is 0 Å². The van der Waals surface area contributed by atoms with Crippen molar-refractivity contribution in [2.45, 2.75) is 23.6 Å². The molecular formula is C20H18N2O4S. The summed E-state index contributed by atoms with van der Waals surface area (Å²) < 4.78 is 5.76. The molecule has 3 atom stereocenters. The van der Waals surface area contributed by atoms with Gasteiger partial charge in [-0.1, -0.05) is 60.7 Å². The number of esters is 1. The highest BCUT2D eigenvalue weighted by atomic mass is 32.2. The summed E-state index contributed by atoms with van der Waals surface area (Å²) in [5.74, 6) is -1.30. The first-order valence-corrected chi connectivity index (χ1v) is 9.65. The molecule has 2 saturated heterocycles. The van der Waals surface area contributed by atoms with Gasteiger partial charge in [0.25, 0.3) is 0 Å². The van der Waals surface area contributed by atoms with Gasteiger partial charge in [0.05, 0.1) is 5.75 Å². The van der Waals surface area contributed by atoms with Crippen LogP contribution in [-0.4, -0.2) is 45.8 Å². The molecule has 0 aliphatic carbocycles. The number of ketones is 1. The number of nitrogens with two attached hydrogens (primary N) is 1. The Bertz CT molecular complexity index is 835. The van der Waals surface area contributed by atoms with E-state index in [1.54, 1.807) is 0 Å². The van der Waals surface area contributed by atoms with Gasteiger partial charge in [-0.25, -0.2) is 4.79 Å². The third-order valence-electron chi connectivity index (χ3n) is 4.76. The highest BCUT2D eigenvalue weighted by Crippen LogP contribution is 2.37. The zero-order valence-corrected chi connectivity index (χ0v) is 15.2. The van der Waals surface area contributed by atoms with Gasteiger partial charge in [-0.3, -0.25) is 9.59 Å². The van der Waals surface area contributed by atoms with E-state index in [1.807, 2.05) is 60.7 Å². The fourth-order valence-corrected chi connectivity index (χ4v) is 4.58. The van der Waals surface area contributed by atoms with Gasteiger partial charge < -0.3 is 15.4 Å². The van der Waals surface area contributed by atoms with Gasteiger partial charge in [0, 0.05) is 0 Å². The number of carbonyl (C=O) groups is 3. The first kappa shape index (κ1) is 17.8. The normalized spacial score (nSPS) is 24.4. The molecule has 2 N–H and O–H groups in total. The molecule has 6 nitrogen and oxygen atoms in total. The number of β-lactam (4-membered cyclic amide) rings is 1. The van der Waals surface area contributed by atoms with Crippen molar-refractivity contribution in [3.63, 3.8) is 0 Å². The van der Waals surface area contributed by atoms with E-state index in [4.69, 9.17) is 10.5 Å². The van der Waals surface area contributed by atoms with E-state index in [0.717, 1.165) is 11.1 Å². The number of rotatable bonds is 4. The molecule has 2 fully saturated rings. The minimum atomic E-state index is -1.22. The lowest BCUT2D eigenvalue weighted by Crippen LogP contribution is -2.74. The monoisotopic (exact) mass is 382 g/mol. The minimum absolute atomic E-state index is 0.142. The number of nitrogens with zero attached hydrogens (tertiary/aromatic N) is 1. The predicted octanol–water partition coefficient (Wildman–Crippen LogP) is 1.50. The molecule has 2 aromatic carbocycles. The number of Topliss-reactive ketones (excluding diaryl/α,β-unsaturated/α-hetero) is 1. The van der Waals surface area contributed by atoms with Crippen LogP contribution in [0.2, 0.25) is 0 Å². The number of fused-ring (bicyclic) bond motifs is 1. The lowest BCUT2D eigenvalue weighted by Gasteiger charge is -2.50. The highest BCUT2D eigenvalue weighted by Gasteiger charge is 2.56. The van der Waals surface area contributed by atoms with Crippen LogP contribution in [0.1, 0.15) is 17.2 Å². The van der Waals surface area contributed by atoms with Gasteiger partial charge in [0.15, 0.2) is 17.9 Å². The first-order valence-electron chi connectivity index (χ1n) is 8.60. The molecule has 0 bridgehead atoms. The fraction of sp³-hybridized carbons (Fsp3) is 0.250. The summed E-state index contributed by atoms with van der Waals surface area (Å²) in [6.07, 6.45) is -0.661. The van der Waals surface area contributed by atoms with Crippen LogP contribution >= 0.6 is 11.8 Å². The number of carbonyl (C=O) groups excluding carboxylic acids is 3. The van der Waals surface area contributed by atoms with Crippen LogP contribution < -0.4 is 5.73 Å². The van der Waals surface area contributed by atoms with Crippen molar-refractivity contribution in [2.75, 3.05) is 5.75 Å². The number of hydrogen-bond donors (Lipinski definition) is 1. The van der Waals surface area contributed by atoms with E-state index < -0.39 is 30.1 Å². The fourth-order valence-electron chi connectivity index (χ4n) is 3.38. The molecule has 2 heterocycles. The molecule has 0 aromatic heterocycles. The average molecular weight is 382 g/mol. The van der Waals surface area contributed by atoms with E-state index in [-0.39, 0.29) is 16.9 Å². The second-order valence-electron chi connectivity index (χ2n) is 6.48. The summed E-state index contributed by atoms with van der Waals surface area (Å²) in [4.78, 5) is 38.7. The van der Waals surface area contributed by atoms with E-state index in [2.05, 4.69) is 0 Å². The predicted molar refractivity (Wildman–Crippen MR) is 101 cm³/mol. The molecule has 27 heavy (non-hydrogen) atoms. The van der Waals surface area contributed by atoms with Crippen molar-refractivity contribution in [2.24, 2.45) is 5.73 Å². The van der Waals surface area contributed by atoms with Crippen molar-refractivity contribution >= 4 is 29.4 Å². The summed E-state index contributed by atoms with van der Waals surface area (Å²) in [7, 11) is 0. The van der Waals surface area contributed by atoms with Crippen LogP contribution in [0.4, 0.5) is 0 Å². The van der Waals surface area contributed by atoms with Gasteiger partial charge in [-0.15, -0.1) is 11.8 Å². The number of hydrogen-bond acceptors (Lipinski definition) is 6. The van der Waals surface area contributed by atoms with Gasteiger partial charge in [-0.05, 0) is 11.1 Å². The molecule has 0 radical (unpaired) electrons. The van der Waals surface area contributed by atoms with E-state index in [0.29, 0.717) is 0 Å². The lowest BCUT2D eigenvalue weighted by atomic mass is 9.99. The quantitative estimate of drug-likeness (QED) is 0.490. The first-order chi connectivity index (χ1) is 13.1. The highest BCUT2D eigenvalue weighted by molar-refractivity contribution is 8.00. The van der Waals surface area contributed by atoms with Crippen LogP contribution in [0.25, 0.3) is 0 Å². The zero-order chi connectivity index (χ0) is 19.0. The molecule has 4 rings (SSSR count). The van der Waals surface area contributed by atoms with Crippen LogP contribution in [0.5, 0.6) is 0 Å². The third-order valence-corrected chi connectivity index (χ3v) is 6.08. The number of thioether (sulfide) groups is 1. The Hall–Kier alpha value is -2.64. The van der Waals surface area contributed by atoms with Gasteiger partial charge >= 0.3 is 5.97 Å². The van der Waals surface area contributed by atoms with Crippen molar-refractivity contribution in [1.82, 2.24) is 4.90 Å². The Morgan fingerprint density at radius 3 is 2.15 bits per heavy atom. The SMILES string of the molecule is NC1C(=O)N2C(C(=O)OC(c3ccccc3)c3ccccc3)C(=O)CS[C@H]12. The van der Waals surface area contributed by atoms with Gasteiger partial charge in [-0.2, -0.15) is 0 Å². The summed E-state index contributed by atoms with van der Waals surface area (Å²) in [6.45, 7) is 0. The maximum atomic E-state index is 12.9. The molecule has 2 aromatic rings. The summed E-state index contributed by atoms with van der Waals surface area (Å²) in [6, 6.07) is 16.7. The topological polar surface area (TPSA) is 89.7 Å².